The van der Waals surface area contributed by atoms with E-state index in [-0.39, 0.29) is 12.4 Å². The molecule has 1 saturated heterocycles. The van der Waals surface area contributed by atoms with E-state index in [1.165, 1.54) is 19.4 Å². The van der Waals surface area contributed by atoms with Crippen molar-refractivity contribution in [2.75, 3.05) is 39.8 Å². The Labute approximate surface area is 133 Å². The third-order valence-electron chi connectivity index (χ3n) is 3.54. The fourth-order valence-corrected chi connectivity index (χ4v) is 2.68. The van der Waals surface area contributed by atoms with Crippen LogP contribution in [0.3, 0.4) is 0 Å². The van der Waals surface area contributed by atoms with E-state index < -0.39 is 0 Å². The third kappa shape index (κ3) is 5.88. The minimum atomic E-state index is 0. The number of likely N-dealkylation sites (N-methyl/N-ethyl adjacent to an activating group) is 1. The molecule has 0 radical (unpaired) electrons. The van der Waals surface area contributed by atoms with E-state index in [2.05, 4.69) is 17.3 Å². The molecule has 1 atom stereocenters. The van der Waals surface area contributed by atoms with Gasteiger partial charge < -0.3 is 15.0 Å². The molecule has 1 aromatic carbocycles. The van der Waals surface area contributed by atoms with Crippen LogP contribution in [0.15, 0.2) is 24.3 Å². The van der Waals surface area contributed by atoms with Gasteiger partial charge in [-0.2, -0.15) is 0 Å². The molecular formula is C15H24Cl2N2O. The van der Waals surface area contributed by atoms with E-state index in [9.17, 15) is 0 Å². The van der Waals surface area contributed by atoms with Crippen molar-refractivity contribution in [3.63, 3.8) is 0 Å². The summed E-state index contributed by atoms with van der Waals surface area (Å²) in [4.78, 5) is 2.34. The lowest BCUT2D eigenvalue weighted by Gasteiger charge is -2.27. The molecule has 0 saturated carbocycles. The molecule has 3 nitrogen and oxygen atoms in total. The van der Waals surface area contributed by atoms with Crippen LogP contribution in [0, 0.1) is 5.92 Å². The molecule has 5 heteroatoms. The van der Waals surface area contributed by atoms with Crippen molar-refractivity contribution < 1.29 is 4.74 Å². The van der Waals surface area contributed by atoms with Crippen LogP contribution in [0.4, 0.5) is 0 Å². The lowest BCUT2D eigenvalue weighted by molar-refractivity contribution is 0.201. The second-order valence-electron chi connectivity index (χ2n) is 5.25. The molecule has 0 amide bonds. The van der Waals surface area contributed by atoms with Crippen molar-refractivity contribution in [1.29, 1.82) is 0 Å². The lowest BCUT2D eigenvalue weighted by atomic mass is 9.99. The van der Waals surface area contributed by atoms with Crippen LogP contribution in [-0.4, -0.2) is 44.7 Å². The van der Waals surface area contributed by atoms with Gasteiger partial charge in [-0.15, -0.1) is 12.4 Å². The average Bonchev–Trinajstić information content (AvgIpc) is 2.42. The molecule has 1 heterocycles. The van der Waals surface area contributed by atoms with Crippen LogP contribution in [0.1, 0.15) is 12.8 Å². The minimum Gasteiger partial charge on any atom is -0.491 e. The van der Waals surface area contributed by atoms with Crippen LogP contribution < -0.4 is 10.1 Å². The average molecular weight is 319 g/mol. The van der Waals surface area contributed by atoms with E-state index in [0.717, 1.165) is 31.3 Å². The summed E-state index contributed by atoms with van der Waals surface area (Å²) in [6, 6.07) is 7.62. The molecule has 1 N–H and O–H groups in total. The van der Waals surface area contributed by atoms with Gasteiger partial charge >= 0.3 is 0 Å². The maximum atomic E-state index is 6.05. The molecule has 0 spiro atoms. The van der Waals surface area contributed by atoms with E-state index in [0.29, 0.717) is 11.6 Å². The number of nitrogens with one attached hydrogen (secondary N) is 1. The molecule has 0 aromatic heterocycles. The number of ether oxygens (including phenoxy) is 1. The number of piperidine rings is 1. The summed E-state index contributed by atoms with van der Waals surface area (Å²) in [5.41, 5.74) is 0. The zero-order valence-corrected chi connectivity index (χ0v) is 13.6. The first-order chi connectivity index (χ1) is 9.25. The summed E-state index contributed by atoms with van der Waals surface area (Å²) in [6.07, 6.45) is 2.64. The van der Waals surface area contributed by atoms with Gasteiger partial charge in [0, 0.05) is 13.1 Å². The van der Waals surface area contributed by atoms with Gasteiger partial charge in [0.25, 0.3) is 0 Å². The summed E-state index contributed by atoms with van der Waals surface area (Å²) in [5.74, 6) is 1.55. The quantitative estimate of drug-likeness (QED) is 0.872. The van der Waals surface area contributed by atoms with Gasteiger partial charge in [0.15, 0.2) is 0 Å². The van der Waals surface area contributed by atoms with E-state index >= 15 is 0 Å². The highest BCUT2D eigenvalue weighted by Crippen LogP contribution is 2.22. The summed E-state index contributed by atoms with van der Waals surface area (Å²) >= 11 is 6.05. The Morgan fingerprint density at radius 2 is 2.20 bits per heavy atom. The molecule has 1 fully saturated rings. The Hall–Kier alpha value is -0.480. The van der Waals surface area contributed by atoms with Crippen molar-refractivity contribution in [3.05, 3.63) is 29.3 Å². The number of hydrogen-bond donors (Lipinski definition) is 1. The first-order valence-corrected chi connectivity index (χ1v) is 7.40. The van der Waals surface area contributed by atoms with Crippen LogP contribution in [-0.2, 0) is 0 Å². The Bertz CT molecular complexity index is 384. The molecule has 1 aliphatic rings. The highest BCUT2D eigenvalue weighted by Gasteiger charge is 2.14. The number of rotatable bonds is 6. The van der Waals surface area contributed by atoms with Gasteiger partial charge in [-0.25, -0.2) is 0 Å². The van der Waals surface area contributed by atoms with Crippen molar-refractivity contribution in [2.45, 2.75) is 12.8 Å². The number of para-hydroxylation sites is 1. The second kappa shape index (κ2) is 9.46. The van der Waals surface area contributed by atoms with Gasteiger partial charge in [0.1, 0.15) is 12.4 Å². The highest BCUT2D eigenvalue weighted by molar-refractivity contribution is 6.32. The normalized spacial score (nSPS) is 18.6. The summed E-state index contributed by atoms with van der Waals surface area (Å²) in [7, 11) is 2.16. The van der Waals surface area contributed by atoms with Crippen LogP contribution >= 0.6 is 24.0 Å². The fourth-order valence-electron chi connectivity index (χ4n) is 2.49. The number of nitrogens with zero attached hydrogens (tertiary/aromatic N) is 1. The minimum absolute atomic E-state index is 0. The van der Waals surface area contributed by atoms with Crippen molar-refractivity contribution in [1.82, 2.24) is 10.2 Å². The molecule has 1 unspecified atom stereocenters. The Balaban J connectivity index is 0.00000200. The standard InChI is InChI=1S/C15H23ClN2O.ClH/c1-18(12-13-5-4-8-17-11-13)9-10-19-15-7-3-2-6-14(15)16;/h2-3,6-7,13,17H,4-5,8-12H2,1H3;1H. The highest BCUT2D eigenvalue weighted by atomic mass is 35.5. The molecule has 0 aliphatic carbocycles. The van der Waals surface area contributed by atoms with Crippen LogP contribution in [0.25, 0.3) is 0 Å². The summed E-state index contributed by atoms with van der Waals surface area (Å²) in [5, 5.41) is 4.14. The van der Waals surface area contributed by atoms with Crippen molar-refractivity contribution >= 4 is 24.0 Å². The van der Waals surface area contributed by atoms with Crippen LogP contribution in [0.5, 0.6) is 5.75 Å². The lowest BCUT2D eigenvalue weighted by Crippen LogP contribution is -2.38. The van der Waals surface area contributed by atoms with Crippen molar-refractivity contribution in [3.8, 4) is 5.75 Å². The van der Waals surface area contributed by atoms with E-state index in [1.54, 1.807) is 0 Å². The van der Waals surface area contributed by atoms with Crippen molar-refractivity contribution in [2.24, 2.45) is 5.92 Å². The maximum absolute atomic E-state index is 6.05. The molecule has 0 bridgehead atoms. The largest absolute Gasteiger partial charge is 0.491 e. The first kappa shape index (κ1) is 17.6. The van der Waals surface area contributed by atoms with Gasteiger partial charge in [-0.05, 0) is 51.0 Å². The molecule has 20 heavy (non-hydrogen) atoms. The molecular weight excluding hydrogens is 295 g/mol. The Kier molecular flexibility index (Phi) is 8.31. The SMILES string of the molecule is CN(CCOc1ccccc1Cl)CC1CCCNC1.Cl. The van der Waals surface area contributed by atoms with E-state index in [1.807, 2.05) is 24.3 Å². The smallest absolute Gasteiger partial charge is 0.137 e. The predicted octanol–water partition coefficient (Wildman–Crippen LogP) is 3.07. The Morgan fingerprint density at radius 1 is 1.40 bits per heavy atom. The monoisotopic (exact) mass is 318 g/mol. The van der Waals surface area contributed by atoms with Crippen LogP contribution in [0.2, 0.25) is 5.02 Å². The van der Waals surface area contributed by atoms with Gasteiger partial charge in [-0.1, -0.05) is 23.7 Å². The first-order valence-electron chi connectivity index (χ1n) is 7.02. The molecule has 2 rings (SSSR count). The van der Waals surface area contributed by atoms with Gasteiger partial charge in [-0.3, -0.25) is 0 Å². The third-order valence-corrected chi connectivity index (χ3v) is 3.85. The molecule has 114 valence electrons. The molecule has 1 aromatic rings. The number of benzene rings is 1. The summed E-state index contributed by atoms with van der Waals surface area (Å²) in [6.45, 7) is 5.08. The number of halogens is 2. The topological polar surface area (TPSA) is 24.5 Å². The second-order valence-corrected chi connectivity index (χ2v) is 5.66. The molecule has 1 aliphatic heterocycles. The van der Waals surface area contributed by atoms with E-state index in [4.69, 9.17) is 16.3 Å². The Morgan fingerprint density at radius 3 is 2.90 bits per heavy atom. The zero-order chi connectivity index (χ0) is 13.5. The zero-order valence-electron chi connectivity index (χ0n) is 12.0. The maximum Gasteiger partial charge on any atom is 0.137 e. The van der Waals surface area contributed by atoms with Gasteiger partial charge in [0.05, 0.1) is 5.02 Å². The summed E-state index contributed by atoms with van der Waals surface area (Å²) < 4.78 is 5.71. The fraction of sp³-hybridized carbons (Fsp3) is 0.600. The van der Waals surface area contributed by atoms with Gasteiger partial charge in [0.2, 0.25) is 0 Å². The number of hydrogen-bond acceptors (Lipinski definition) is 3. The predicted molar refractivity (Wildman–Crippen MR) is 87.3 cm³/mol.